The Kier molecular flexibility index (Phi) is 6.66. The standard InChI is InChI=1S/C26H33N5O4/c1-35-23-10-6-5-9-20(23)28-25(33)29-21-11-12-22-18-13-17(15-31(22)24(21)32)14-30(16-18)26(34)27-19-7-3-2-4-8-19/h5-6,9-12,17-19H,2-4,7-8,13-16H2,1H3,(H,27,34)(H2,28,29,33)/t17-,18-/m1/s1. The van der Waals surface area contributed by atoms with Gasteiger partial charge in [0.1, 0.15) is 11.4 Å². The minimum Gasteiger partial charge on any atom is -0.495 e. The number of anilines is 2. The summed E-state index contributed by atoms with van der Waals surface area (Å²) in [5.41, 5.74) is 1.46. The first-order valence-corrected chi connectivity index (χ1v) is 12.5. The smallest absolute Gasteiger partial charge is 0.323 e. The molecule has 1 aromatic heterocycles. The summed E-state index contributed by atoms with van der Waals surface area (Å²) in [4.78, 5) is 40.7. The number of aromatic nitrogens is 1. The summed E-state index contributed by atoms with van der Waals surface area (Å²) in [6, 6.07) is 10.5. The topological polar surface area (TPSA) is 105 Å². The number of nitrogens with one attached hydrogen (secondary N) is 3. The van der Waals surface area contributed by atoms with Crippen molar-refractivity contribution in [1.29, 1.82) is 0 Å². The van der Waals surface area contributed by atoms with E-state index >= 15 is 0 Å². The summed E-state index contributed by atoms with van der Waals surface area (Å²) < 4.78 is 7.04. The van der Waals surface area contributed by atoms with Gasteiger partial charge in [-0.2, -0.15) is 0 Å². The molecule has 186 valence electrons. The molecule has 2 atom stereocenters. The number of para-hydroxylation sites is 2. The van der Waals surface area contributed by atoms with Crippen molar-refractivity contribution in [2.24, 2.45) is 5.92 Å². The molecule has 9 nitrogen and oxygen atoms in total. The second-order valence-electron chi connectivity index (χ2n) is 9.86. The minimum absolute atomic E-state index is 0.0219. The molecule has 35 heavy (non-hydrogen) atoms. The minimum atomic E-state index is -0.506. The molecule has 0 spiro atoms. The Balaban J connectivity index is 1.27. The Bertz CT molecular complexity index is 1160. The summed E-state index contributed by atoms with van der Waals surface area (Å²) in [6.45, 7) is 1.80. The highest BCUT2D eigenvalue weighted by Gasteiger charge is 2.37. The first-order valence-electron chi connectivity index (χ1n) is 12.5. The largest absolute Gasteiger partial charge is 0.495 e. The van der Waals surface area contributed by atoms with Gasteiger partial charge in [0.25, 0.3) is 5.56 Å². The van der Waals surface area contributed by atoms with Gasteiger partial charge in [0.05, 0.1) is 12.8 Å². The first kappa shape index (κ1) is 23.3. The van der Waals surface area contributed by atoms with Crippen LogP contribution in [-0.4, -0.2) is 47.8 Å². The third kappa shape index (κ3) is 4.99. The molecule has 0 radical (unpaired) electrons. The molecular weight excluding hydrogens is 446 g/mol. The molecule has 9 heteroatoms. The molecule has 1 aliphatic carbocycles. The van der Waals surface area contributed by atoms with E-state index in [1.54, 1.807) is 28.8 Å². The van der Waals surface area contributed by atoms with Crippen LogP contribution in [0, 0.1) is 5.92 Å². The Labute approximate surface area is 204 Å². The number of ether oxygens (including phenoxy) is 1. The molecule has 3 heterocycles. The van der Waals surface area contributed by atoms with E-state index in [1.165, 1.54) is 26.4 Å². The number of benzene rings is 1. The van der Waals surface area contributed by atoms with Crippen molar-refractivity contribution in [2.45, 2.75) is 57.0 Å². The molecule has 5 rings (SSSR count). The second kappa shape index (κ2) is 10.0. The van der Waals surface area contributed by atoms with Gasteiger partial charge in [-0.1, -0.05) is 31.4 Å². The maximum Gasteiger partial charge on any atom is 0.323 e. The average Bonchev–Trinajstić information content (AvgIpc) is 2.87. The monoisotopic (exact) mass is 479 g/mol. The summed E-state index contributed by atoms with van der Waals surface area (Å²) in [5, 5.41) is 8.65. The molecule has 3 aliphatic rings. The lowest BCUT2D eigenvalue weighted by molar-refractivity contribution is 0.127. The quantitative estimate of drug-likeness (QED) is 0.617. The van der Waals surface area contributed by atoms with Crippen LogP contribution in [0.3, 0.4) is 0 Å². The van der Waals surface area contributed by atoms with E-state index in [2.05, 4.69) is 16.0 Å². The number of likely N-dealkylation sites (tertiary alicyclic amines) is 1. The zero-order chi connectivity index (χ0) is 24.4. The lowest BCUT2D eigenvalue weighted by Gasteiger charge is -2.43. The van der Waals surface area contributed by atoms with Crippen LogP contribution in [0.5, 0.6) is 5.75 Å². The maximum atomic E-state index is 13.2. The predicted octanol–water partition coefficient (Wildman–Crippen LogP) is 3.96. The van der Waals surface area contributed by atoms with Crippen LogP contribution in [0.4, 0.5) is 21.0 Å². The van der Waals surface area contributed by atoms with Gasteiger partial charge >= 0.3 is 12.1 Å². The van der Waals surface area contributed by atoms with E-state index in [4.69, 9.17) is 4.74 Å². The van der Waals surface area contributed by atoms with E-state index in [0.29, 0.717) is 31.1 Å². The molecule has 3 N–H and O–H groups in total. The van der Waals surface area contributed by atoms with Crippen LogP contribution in [-0.2, 0) is 6.54 Å². The zero-order valence-electron chi connectivity index (χ0n) is 20.1. The van der Waals surface area contributed by atoms with Gasteiger partial charge in [0.15, 0.2) is 0 Å². The highest BCUT2D eigenvalue weighted by Crippen LogP contribution is 2.35. The molecule has 1 aromatic carbocycles. The van der Waals surface area contributed by atoms with Crippen molar-refractivity contribution >= 4 is 23.4 Å². The number of pyridine rings is 1. The van der Waals surface area contributed by atoms with Crippen molar-refractivity contribution in [3.05, 3.63) is 52.4 Å². The van der Waals surface area contributed by atoms with Crippen LogP contribution < -0.4 is 26.2 Å². The molecular formula is C26H33N5O4. The van der Waals surface area contributed by atoms with Crippen molar-refractivity contribution in [2.75, 3.05) is 30.8 Å². The summed E-state index contributed by atoms with van der Waals surface area (Å²) in [6.07, 6.45) is 6.70. The molecule has 1 saturated carbocycles. The Morgan fingerprint density at radius 3 is 2.51 bits per heavy atom. The maximum absolute atomic E-state index is 13.2. The van der Waals surface area contributed by atoms with Gasteiger partial charge < -0.3 is 30.2 Å². The fourth-order valence-corrected chi connectivity index (χ4v) is 5.74. The van der Waals surface area contributed by atoms with Crippen molar-refractivity contribution in [1.82, 2.24) is 14.8 Å². The number of urea groups is 2. The predicted molar refractivity (Wildman–Crippen MR) is 134 cm³/mol. The van der Waals surface area contributed by atoms with Gasteiger partial charge in [-0.25, -0.2) is 9.59 Å². The van der Waals surface area contributed by atoms with Crippen LogP contribution >= 0.6 is 0 Å². The van der Waals surface area contributed by atoms with E-state index in [9.17, 15) is 14.4 Å². The number of carbonyl (C=O) groups is 2. The average molecular weight is 480 g/mol. The Morgan fingerprint density at radius 1 is 0.943 bits per heavy atom. The SMILES string of the molecule is COc1ccccc1NC(=O)Nc1ccc2n(c1=O)C[C@@H]1C[C@@H]2CN(C(=O)NC2CCCCC2)C1. The second-order valence-corrected chi connectivity index (χ2v) is 9.86. The molecule has 2 bridgehead atoms. The zero-order valence-corrected chi connectivity index (χ0v) is 20.1. The van der Waals surface area contributed by atoms with Crippen LogP contribution in [0.25, 0.3) is 0 Å². The molecule has 2 fully saturated rings. The van der Waals surface area contributed by atoms with Crippen molar-refractivity contribution in [3.63, 3.8) is 0 Å². The first-order chi connectivity index (χ1) is 17.0. The number of fused-ring (bicyclic) bond motifs is 4. The summed E-state index contributed by atoms with van der Waals surface area (Å²) >= 11 is 0. The number of piperidine rings is 1. The number of amides is 4. The van der Waals surface area contributed by atoms with Gasteiger partial charge in [0, 0.05) is 37.3 Å². The number of carbonyl (C=O) groups excluding carboxylic acids is 2. The van der Waals surface area contributed by atoms with Gasteiger partial charge in [-0.15, -0.1) is 0 Å². The fraction of sp³-hybridized carbons (Fsp3) is 0.500. The van der Waals surface area contributed by atoms with Crippen molar-refractivity contribution in [3.8, 4) is 5.75 Å². The number of rotatable bonds is 4. The van der Waals surface area contributed by atoms with Crippen molar-refractivity contribution < 1.29 is 14.3 Å². The molecule has 1 saturated heterocycles. The van der Waals surface area contributed by atoms with Crippen LogP contribution in [0.15, 0.2) is 41.2 Å². The van der Waals surface area contributed by atoms with E-state index < -0.39 is 6.03 Å². The summed E-state index contributed by atoms with van der Waals surface area (Å²) in [7, 11) is 1.53. The lowest BCUT2D eigenvalue weighted by Crippen LogP contribution is -2.53. The number of hydrogen-bond donors (Lipinski definition) is 3. The van der Waals surface area contributed by atoms with Gasteiger partial charge in [0.2, 0.25) is 0 Å². The lowest BCUT2D eigenvalue weighted by atomic mass is 9.83. The van der Waals surface area contributed by atoms with Gasteiger partial charge in [-0.05, 0) is 49.4 Å². The van der Waals surface area contributed by atoms with E-state index in [1.807, 2.05) is 17.0 Å². The summed E-state index contributed by atoms with van der Waals surface area (Å²) in [5.74, 6) is 0.868. The third-order valence-electron chi connectivity index (χ3n) is 7.43. The van der Waals surface area contributed by atoms with Crippen LogP contribution in [0.2, 0.25) is 0 Å². The molecule has 0 unspecified atom stereocenters. The molecule has 4 amide bonds. The third-order valence-corrected chi connectivity index (χ3v) is 7.43. The molecule has 2 aliphatic heterocycles. The normalized spacial score (nSPS) is 21.6. The molecule has 2 aromatic rings. The number of nitrogens with zero attached hydrogens (tertiary/aromatic N) is 2. The number of methoxy groups -OCH3 is 1. The highest BCUT2D eigenvalue weighted by atomic mass is 16.5. The number of hydrogen-bond acceptors (Lipinski definition) is 4. The van der Waals surface area contributed by atoms with Crippen LogP contribution in [0.1, 0.15) is 50.1 Å². The highest BCUT2D eigenvalue weighted by molar-refractivity contribution is 6.00. The fourth-order valence-electron chi connectivity index (χ4n) is 5.74. The van der Waals surface area contributed by atoms with Gasteiger partial charge in [-0.3, -0.25) is 4.79 Å². The van der Waals surface area contributed by atoms with E-state index in [-0.39, 0.29) is 35.2 Å². The Hall–Kier alpha value is -3.49. The Morgan fingerprint density at radius 2 is 1.71 bits per heavy atom. The van der Waals surface area contributed by atoms with E-state index in [0.717, 1.165) is 25.0 Å².